The molecule has 0 amide bonds. The maximum atomic E-state index is 11.9. The predicted octanol–water partition coefficient (Wildman–Crippen LogP) is 2.31. The van der Waals surface area contributed by atoms with Crippen LogP contribution in [0.1, 0.15) is 45.4 Å². The van der Waals surface area contributed by atoms with Gasteiger partial charge in [-0.1, -0.05) is 26.2 Å². The molecule has 0 spiro atoms. The second kappa shape index (κ2) is 6.03. The van der Waals surface area contributed by atoms with Crippen LogP contribution in [0.3, 0.4) is 0 Å². The van der Waals surface area contributed by atoms with E-state index in [0.717, 1.165) is 38.5 Å². The normalized spacial score (nSPS) is 18.1. The predicted molar refractivity (Wildman–Crippen MR) is 63.3 cm³/mol. The van der Waals surface area contributed by atoms with Crippen molar-refractivity contribution in [3.8, 4) is 0 Å². The molecule has 0 saturated heterocycles. The van der Waals surface area contributed by atoms with Gasteiger partial charge in [0.25, 0.3) is 0 Å². The molecule has 0 unspecified atom stereocenters. The van der Waals surface area contributed by atoms with Gasteiger partial charge in [0, 0.05) is 0 Å². The molecule has 0 radical (unpaired) electrons. The molecule has 1 aliphatic carbocycles. The van der Waals surface area contributed by atoms with Crippen LogP contribution in [0.2, 0.25) is 0 Å². The summed E-state index contributed by atoms with van der Waals surface area (Å²) in [7, 11) is 2.65. The van der Waals surface area contributed by atoms with Crippen LogP contribution < -0.4 is 0 Å². The summed E-state index contributed by atoms with van der Waals surface area (Å²) in [5.41, 5.74) is -0.241. The first-order valence-corrected chi connectivity index (χ1v) is 6.27. The molecule has 1 fully saturated rings. The van der Waals surface area contributed by atoms with Crippen LogP contribution in [0, 0.1) is 11.3 Å². The molecule has 0 bridgehead atoms. The summed E-state index contributed by atoms with van der Waals surface area (Å²) >= 11 is 0. The first-order valence-electron chi connectivity index (χ1n) is 6.27. The van der Waals surface area contributed by atoms with Crippen LogP contribution in [0.25, 0.3) is 0 Å². The quantitative estimate of drug-likeness (QED) is 0.548. The molecule has 0 aliphatic heterocycles. The monoisotopic (exact) mass is 242 g/mol. The highest BCUT2D eigenvalue weighted by Crippen LogP contribution is 2.48. The highest BCUT2D eigenvalue weighted by Gasteiger charge is 2.49. The van der Waals surface area contributed by atoms with Crippen molar-refractivity contribution in [3.05, 3.63) is 0 Å². The minimum absolute atomic E-state index is 0.241. The number of rotatable bonds is 5. The molecule has 0 aromatic heterocycles. The van der Waals surface area contributed by atoms with Crippen LogP contribution in [-0.4, -0.2) is 26.2 Å². The third-order valence-electron chi connectivity index (χ3n) is 3.83. The molecule has 4 heteroatoms. The number of ether oxygens (including phenoxy) is 2. The fourth-order valence-electron chi connectivity index (χ4n) is 3.09. The average Bonchev–Trinajstić information content (AvgIpc) is 2.78. The Labute approximate surface area is 103 Å². The van der Waals surface area contributed by atoms with Gasteiger partial charge in [0.1, 0.15) is 0 Å². The van der Waals surface area contributed by atoms with Crippen LogP contribution in [0.15, 0.2) is 0 Å². The van der Waals surface area contributed by atoms with E-state index < -0.39 is 17.9 Å². The van der Waals surface area contributed by atoms with E-state index in [-0.39, 0.29) is 5.41 Å². The summed E-state index contributed by atoms with van der Waals surface area (Å²) in [6.45, 7) is 2.08. The van der Waals surface area contributed by atoms with Crippen molar-refractivity contribution in [2.45, 2.75) is 45.4 Å². The van der Waals surface area contributed by atoms with Gasteiger partial charge in [-0.05, 0) is 24.7 Å². The van der Waals surface area contributed by atoms with Gasteiger partial charge in [0.2, 0.25) is 0 Å². The highest BCUT2D eigenvalue weighted by atomic mass is 16.5. The largest absolute Gasteiger partial charge is 0.468 e. The van der Waals surface area contributed by atoms with E-state index in [1.54, 1.807) is 0 Å². The van der Waals surface area contributed by atoms with Gasteiger partial charge < -0.3 is 9.47 Å². The van der Waals surface area contributed by atoms with Crippen molar-refractivity contribution in [1.82, 2.24) is 0 Å². The minimum Gasteiger partial charge on any atom is -0.468 e. The molecule has 17 heavy (non-hydrogen) atoms. The van der Waals surface area contributed by atoms with Crippen LogP contribution >= 0.6 is 0 Å². The number of methoxy groups -OCH3 is 2. The van der Waals surface area contributed by atoms with Crippen molar-refractivity contribution < 1.29 is 19.1 Å². The van der Waals surface area contributed by atoms with E-state index in [1.165, 1.54) is 14.2 Å². The Hall–Kier alpha value is -1.06. The lowest BCUT2D eigenvalue weighted by atomic mass is 9.70. The van der Waals surface area contributed by atoms with Gasteiger partial charge >= 0.3 is 11.9 Å². The lowest BCUT2D eigenvalue weighted by Gasteiger charge is -2.33. The summed E-state index contributed by atoms with van der Waals surface area (Å²) in [5.74, 6) is -1.65. The van der Waals surface area contributed by atoms with Gasteiger partial charge in [-0.2, -0.15) is 0 Å². The Kier molecular flexibility index (Phi) is 4.97. The van der Waals surface area contributed by atoms with E-state index in [2.05, 4.69) is 6.92 Å². The molecule has 0 aromatic rings. The summed E-state index contributed by atoms with van der Waals surface area (Å²) in [6, 6.07) is 0. The SMILES string of the molecule is CCCC1(C(C(=O)OC)C(=O)OC)CCCC1. The lowest BCUT2D eigenvalue weighted by molar-refractivity contribution is -0.166. The fraction of sp³-hybridized carbons (Fsp3) is 0.846. The maximum Gasteiger partial charge on any atom is 0.320 e. The number of esters is 2. The zero-order chi connectivity index (χ0) is 12.9. The number of hydrogen-bond donors (Lipinski definition) is 0. The van der Waals surface area contributed by atoms with Gasteiger partial charge in [-0.25, -0.2) is 0 Å². The zero-order valence-electron chi connectivity index (χ0n) is 11.0. The van der Waals surface area contributed by atoms with Crippen molar-refractivity contribution in [2.24, 2.45) is 11.3 Å². The maximum absolute atomic E-state index is 11.9. The summed E-state index contributed by atoms with van der Waals surface area (Å²) in [4.78, 5) is 23.7. The number of carbonyl (C=O) groups is 2. The fourth-order valence-corrected chi connectivity index (χ4v) is 3.09. The van der Waals surface area contributed by atoms with E-state index >= 15 is 0 Å². The van der Waals surface area contributed by atoms with E-state index in [0.29, 0.717) is 0 Å². The van der Waals surface area contributed by atoms with Crippen molar-refractivity contribution in [1.29, 1.82) is 0 Å². The Bertz CT molecular complexity index is 263. The topological polar surface area (TPSA) is 52.6 Å². The Morgan fingerprint density at radius 1 is 1.12 bits per heavy atom. The van der Waals surface area contributed by atoms with Gasteiger partial charge in [-0.3, -0.25) is 9.59 Å². The Morgan fingerprint density at radius 2 is 1.59 bits per heavy atom. The number of carbonyl (C=O) groups excluding carboxylic acids is 2. The first-order chi connectivity index (χ1) is 8.11. The van der Waals surface area contributed by atoms with E-state index in [4.69, 9.17) is 9.47 Å². The number of hydrogen-bond acceptors (Lipinski definition) is 4. The summed E-state index contributed by atoms with van der Waals surface area (Å²) in [6.07, 6.45) is 5.81. The molecule has 98 valence electrons. The summed E-state index contributed by atoms with van der Waals surface area (Å²) in [5, 5.41) is 0. The van der Waals surface area contributed by atoms with Crippen molar-refractivity contribution in [2.75, 3.05) is 14.2 Å². The Morgan fingerprint density at radius 3 is 1.94 bits per heavy atom. The second-order valence-corrected chi connectivity index (χ2v) is 4.80. The molecule has 4 nitrogen and oxygen atoms in total. The van der Waals surface area contributed by atoms with Crippen LogP contribution in [-0.2, 0) is 19.1 Å². The molecule has 0 atom stereocenters. The van der Waals surface area contributed by atoms with E-state index in [1.807, 2.05) is 0 Å². The van der Waals surface area contributed by atoms with Crippen LogP contribution in [0.5, 0.6) is 0 Å². The smallest absolute Gasteiger partial charge is 0.320 e. The molecule has 0 N–H and O–H groups in total. The average molecular weight is 242 g/mol. The van der Waals surface area contributed by atoms with Crippen molar-refractivity contribution in [3.63, 3.8) is 0 Å². The lowest BCUT2D eigenvalue weighted by Crippen LogP contribution is -2.41. The molecule has 0 heterocycles. The summed E-state index contributed by atoms with van der Waals surface area (Å²) < 4.78 is 9.56. The zero-order valence-corrected chi connectivity index (χ0v) is 11.0. The van der Waals surface area contributed by atoms with Gasteiger partial charge in [0.05, 0.1) is 14.2 Å². The second-order valence-electron chi connectivity index (χ2n) is 4.80. The van der Waals surface area contributed by atoms with Gasteiger partial charge in [-0.15, -0.1) is 0 Å². The third-order valence-corrected chi connectivity index (χ3v) is 3.83. The standard InChI is InChI=1S/C13H22O4/c1-4-7-13(8-5-6-9-13)10(11(14)16-2)12(15)17-3/h10H,4-9H2,1-3H3. The molecular formula is C13H22O4. The van der Waals surface area contributed by atoms with Gasteiger partial charge in [0.15, 0.2) is 5.92 Å². The van der Waals surface area contributed by atoms with Crippen LogP contribution in [0.4, 0.5) is 0 Å². The minimum atomic E-state index is -0.750. The van der Waals surface area contributed by atoms with E-state index in [9.17, 15) is 9.59 Å². The molecule has 1 aliphatic rings. The third kappa shape index (κ3) is 2.79. The molecule has 0 aromatic carbocycles. The molecule has 1 rings (SSSR count). The Balaban J connectivity index is 3.00. The molecule has 1 saturated carbocycles. The first kappa shape index (κ1) is 14.0. The van der Waals surface area contributed by atoms with Crippen molar-refractivity contribution >= 4 is 11.9 Å². The molecular weight excluding hydrogens is 220 g/mol. The highest BCUT2D eigenvalue weighted by molar-refractivity contribution is 5.95.